The van der Waals surface area contributed by atoms with Crippen LogP contribution < -0.4 is 0 Å². The minimum Gasteiger partial charge on any atom is -0.480 e. The van der Waals surface area contributed by atoms with Crippen LogP contribution in [0.5, 0.6) is 0 Å². The highest BCUT2D eigenvalue weighted by Crippen LogP contribution is 2.16. The minimum absolute atomic E-state index is 0. The highest BCUT2D eigenvalue weighted by atomic mass is 35.5. The van der Waals surface area contributed by atoms with Gasteiger partial charge in [-0.3, -0.25) is 14.5 Å². The van der Waals surface area contributed by atoms with Gasteiger partial charge in [-0.25, -0.2) is 0 Å². The molecule has 1 rings (SSSR count). The van der Waals surface area contributed by atoms with Gasteiger partial charge in [0.25, 0.3) is 0 Å². The number of hydrogen-bond acceptors (Lipinski definition) is 3. The summed E-state index contributed by atoms with van der Waals surface area (Å²) in [6, 6.07) is 0.291. The first-order valence-corrected chi connectivity index (χ1v) is 6.78. The second kappa shape index (κ2) is 9.15. The second-order valence-corrected chi connectivity index (χ2v) is 5.04. The number of carboxylic acids is 1. The van der Waals surface area contributed by atoms with Crippen molar-refractivity contribution in [3.8, 4) is 0 Å². The summed E-state index contributed by atoms with van der Waals surface area (Å²) < 4.78 is 0. The van der Waals surface area contributed by atoms with Crippen molar-refractivity contribution in [2.24, 2.45) is 0 Å². The lowest BCUT2D eigenvalue weighted by Crippen LogP contribution is -2.47. The zero-order valence-electron chi connectivity index (χ0n) is 11.8. The summed E-state index contributed by atoms with van der Waals surface area (Å²) in [6.07, 6.45) is 4.15. The number of nitrogens with zero attached hydrogens (tertiary/aromatic N) is 2. The number of amides is 1. The van der Waals surface area contributed by atoms with E-state index in [0.29, 0.717) is 12.6 Å². The number of likely N-dealkylation sites (tertiary alicyclic amines) is 1. The van der Waals surface area contributed by atoms with E-state index < -0.39 is 5.97 Å². The average Bonchev–Trinajstić information content (AvgIpc) is 2.28. The summed E-state index contributed by atoms with van der Waals surface area (Å²) in [7, 11) is 0. The van der Waals surface area contributed by atoms with Crippen LogP contribution in [0, 0.1) is 0 Å². The Balaban J connectivity index is 0.00000324. The first-order valence-electron chi connectivity index (χ1n) is 6.78. The molecular formula is C13H25ClN2O3. The summed E-state index contributed by atoms with van der Waals surface area (Å²) in [5, 5.41) is 8.82. The van der Waals surface area contributed by atoms with Gasteiger partial charge in [-0.15, -0.1) is 12.4 Å². The van der Waals surface area contributed by atoms with Crippen molar-refractivity contribution in [3.05, 3.63) is 0 Å². The number of aliphatic carboxylic acids is 1. The number of piperidine rings is 1. The van der Waals surface area contributed by atoms with Gasteiger partial charge in [0.15, 0.2) is 0 Å². The number of rotatable bonds is 6. The molecule has 1 fully saturated rings. The zero-order valence-corrected chi connectivity index (χ0v) is 12.6. The topological polar surface area (TPSA) is 60.9 Å². The van der Waals surface area contributed by atoms with E-state index in [1.54, 1.807) is 4.90 Å². The summed E-state index contributed by atoms with van der Waals surface area (Å²) in [6.45, 7) is 5.70. The van der Waals surface area contributed by atoms with E-state index in [9.17, 15) is 9.59 Å². The van der Waals surface area contributed by atoms with Crippen LogP contribution in [0.2, 0.25) is 0 Å². The van der Waals surface area contributed by atoms with Crippen LogP contribution in [-0.4, -0.2) is 59.0 Å². The van der Waals surface area contributed by atoms with Crippen LogP contribution >= 0.6 is 12.4 Å². The molecule has 0 aromatic rings. The lowest BCUT2D eigenvalue weighted by atomic mass is 10.0. The Labute approximate surface area is 121 Å². The molecule has 1 aliphatic heterocycles. The Bertz CT molecular complexity index is 300. The fraction of sp³-hybridized carbons (Fsp3) is 0.846. The van der Waals surface area contributed by atoms with Crippen LogP contribution in [0.3, 0.4) is 0 Å². The van der Waals surface area contributed by atoms with E-state index in [1.165, 1.54) is 6.42 Å². The van der Waals surface area contributed by atoms with E-state index in [4.69, 9.17) is 5.11 Å². The molecule has 5 nitrogen and oxygen atoms in total. The molecule has 1 unspecified atom stereocenters. The fourth-order valence-electron chi connectivity index (χ4n) is 2.47. The standard InChI is InChI=1S/C13H24N2O3.ClH/c1-3-7-14(10-13(17)18)9-12(16)15-8-5-4-6-11(15)2;/h11H,3-10H2,1-2H3,(H,17,18);1H. The number of carbonyl (C=O) groups excluding carboxylic acids is 1. The molecule has 0 aliphatic carbocycles. The quantitative estimate of drug-likeness (QED) is 0.808. The lowest BCUT2D eigenvalue weighted by Gasteiger charge is -2.34. The molecule has 1 saturated heterocycles. The lowest BCUT2D eigenvalue weighted by molar-refractivity contribution is -0.140. The van der Waals surface area contributed by atoms with Gasteiger partial charge >= 0.3 is 5.97 Å². The monoisotopic (exact) mass is 292 g/mol. The zero-order chi connectivity index (χ0) is 13.5. The van der Waals surface area contributed by atoms with E-state index in [2.05, 4.69) is 6.92 Å². The number of carbonyl (C=O) groups is 2. The average molecular weight is 293 g/mol. The second-order valence-electron chi connectivity index (χ2n) is 5.04. The van der Waals surface area contributed by atoms with Gasteiger partial charge in [0, 0.05) is 12.6 Å². The summed E-state index contributed by atoms with van der Waals surface area (Å²) in [4.78, 5) is 26.5. The maximum Gasteiger partial charge on any atom is 0.317 e. The van der Waals surface area contributed by atoms with Gasteiger partial charge in [-0.1, -0.05) is 6.92 Å². The highest BCUT2D eigenvalue weighted by Gasteiger charge is 2.24. The first-order chi connectivity index (χ1) is 8.54. The number of halogens is 1. The van der Waals surface area contributed by atoms with Gasteiger partial charge in [-0.2, -0.15) is 0 Å². The van der Waals surface area contributed by atoms with E-state index in [0.717, 1.165) is 25.8 Å². The van der Waals surface area contributed by atoms with Crippen molar-refractivity contribution in [1.29, 1.82) is 0 Å². The molecule has 1 aliphatic rings. The molecule has 1 amide bonds. The molecule has 0 saturated carbocycles. The largest absolute Gasteiger partial charge is 0.480 e. The van der Waals surface area contributed by atoms with Crippen molar-refractivity contribution < 1.29 is 14.7 Å². The normalized spacial score (nSPS) is 19.1. The van der Waals surface area contributed by atoms with Crippen molar-refractivity contribution in [2.75, 3.05) is 26.2 Å². The summed E-state index contributed by atoms with van der Waals surface area (Å²) in [5.41, 5.74) is 0. The highest BCUT2D eigenvalue weighted by molar-refractivity contribution is 5.85. The molecule has 0 spiro atoms. The Morgan fingerprint density at radius 2 is 2.00 bits per heavy atom. The Morgan fingerprint density at radius 3 is 2.53 bits per heavy atom. The van der Waals surface area contributed by atoms with Crippen LogP contribution in [0.1, 0.15) is 39.5 Å². The Hall–Kier alpha value is -0.810. The minimum atomic E-state index is -0.872. The molecule has 1 N–H and O–H groups in total. The molecular weight excluding hydrogens is 268 g/mol. The smallest absolute Gasteiger partial charge is 0.317 e. The Morgan fingerprint density at radius 1 is 1.32 bits per heavy atom. The molecule has 0 radical (unpaired) electrons. The molecule has 0 aromatic heterocycles. The van der Waals surface area contributed by atoms with E-state index in [1.807, 2.05) is 11.8 Å². The van der Waals surface area contributed by atoms with Gasteiger partial charge in [0.2, 0.25) is 5.91 Å². The van der Waals surface area contributed by atoms with Crippen molar-refractivity contribution in [1.82, 2.24) is 9.80 Å². The third kappa shape index (κ3) is 6.25. The number of hydrogen-bond donors (Lipinski definition) is 1. The van der Waals surface area contributed by atoms with Gasteiger partial charge < -0.3 is 10.0 Å². The molecule has 6 heteroatoms. The van der Waals surface area contributed by atoms with E-state index in [-0.39, 0.29) is 31.4 Å². The summed E-state index contributed by atoms with van der Waals surface area (Å²) in [5.74, 6) is -0.806. The van der Waals surface area contributed by atoms with E-state index >= 15 is 0 Å². The molecule has 19 heavy (non-hydrogen) atoms. The third-order valence-corrected chi connectivity index (χ3v) is 3.38. The third-order valence-electron chi connectivity index (χ3n) is 3.38. The van der Waals surface area contributed by atoms with Crippen molar-refractivity contribution in [2.45, 2.75) is 45.6 Å². The molecule has 0 aromatic carbocycles. The SMILES string of the molecule is CCCN(CC(=O)O)CC(=O)N1CCCCC1C.Cl. The van der Waals surface area contributed by atoms with Crippen LogP contribution in [0.15, 0.2) is 0 Å². The summed E-state index contributed by atoms with van der Waals surface area (Å²) >= 11 is 0. The first kappa shape index (κ1) is 18.2. The fourth-order valence-corrected chi connectivity index (χ4v) is 2.47. The molecule has 0 bridgehead atoms. The maximum absolute atomic E-state index is 12.2. The van der Waals surface area contributed by atoms with Crippen LogP contribution in [-0.2, 0) is 9.59 Å². The molecule has 112 valence electrons. The molecule has 1 heterocycles. The predicted octanol–water partition coefficient (Wildman–Crippen LogP) is 1.61. The molecule has 1 atom stereocenters. The van der Waals surface area contributed by atoms with Gasteiger partial charge in [0.05, 0.1) is 13.1 Å². The van der Waals surface area contributed by atoms with Crippen LogP contribution in [0.25, 0.3) is 0 Å². The maximum atomic E-state index is 12.2. The van der Waals surface area contributed by atoms with Crippen molar-refractivity contribution >= 4 is 24.3 Å². The van der Waals surface area contributed by atoms with Gasteiger partial charge in [-0.05, 0) is 39.2 Å². The number of carboxylic acid groups (broad SMARTS) is 1. The van der Waals surface area contributed by atoms with Crippen LogP contribution in [0.4, 0.5) is 0 Å². The Kier molecular flexibility index (Phi) is 8.76. The van der Waals surface area contributed by atoms with Gasteiger partial charge in [0.1, 0.15) is 0 Å². The predicted molar refractivity (Wildman–Crippen MR) is 76.6 cm³/mol. The van der Waals surface area contributed by atoms with Crippen molar-refractivity contribution in [3.63, 3.8) is 0 Å².